The average Bonchev–Trinajstić information content (AvgIpc) is 2.89. The highest BCUT2D eigenvalue weighted by Crippen LogP contribution is 2.11. The van der Waals surface area contributed by atoms with Crippen LogP contribution in [0.3, 0.4) is 0 Å². The maximum absolute atomic E-state index is 11.7. The number of ether oxygens (including phenoxy) is 2. The van der Waals surface area contributed by atoms with E-state index in [-0.39, 0.29) is 12.1 Å². The smallest absolute Gasteiger partial charge is 0.339 e. The van der Waals surface area contributed by atoms with E-state index in [1.165, 1.54) is 11.3 Å². The molecule has 2 heterocycles. The monoisotopic (exact) mass is 283 g/mol. The fourth-order valence-corrected chi connectivity index (χ4v) is 2.82. The Morgan fingerprint density at radius 1 is 1.63 bits per heavy atom. The van der Waals surface area contributed by atoms with Gasteiger partial charge >= 0.3 is 5.97 Å². The summed E-state index contributed by atoms with van der Waals surface area (Å²) >= 11 is 1.50. The van der Waals surface area contributed by atoms with Crippen LogP contribution in [0.25, 0.3) is 0 Å². The third-order valence-corrected chi connectivity index (χ3v) is 3.69. The molecule has 106 valence electrons. The van der Waals surface area contributed by atoms with Crippen molar-refractivity contribution in [3.8, 4) is 0 Å². The Labute approximate surface area is 118 Å². The summed E-state index contributed by atoms with van der Waals surface area (Å²) in [5.74, 6) is 0.387. The van der Waals surface area contributed by atoms with Crippen LogP contribution < -0.4 is 0 Å². The maximum atomic E-state index is 11.7. The van der Waals surface area contributed by atoms with Crippen molar-refractivity contribution in [3.63, 3.8) is 0 Å². The molecule has 1 aliphatic rings. The van der Waals surface area contributed by atoms with Gasteiger partial charge in [-0.1, -0.05) is 13.8 Å². The molecule has 1 aliphatic heterocycles. The molecule has 0 saturated carbocycles. The van der Waals surface area contributed by atoms with E-state index in [2.05, 4.69) is 18.7 Å². The van der Waals surface area contributed by atoms with Crippen molar-refractivity contribution in [1.29, 1.82) is 0 Å². The largest absolute Gasteiger partial charge is 0.459 e. The highest BCUT2D eigenvalue weighted by atomic mass is 32.1. The molecule has 1 aromatic rings. The number of carbonyl (C=O) groups excluding carboxylic acids is 1. The van der Waals surface area contributed by atoms with Crippen molar-refractivity contribution in [3.05, 3.63) is 22.4 Å². The molecule has 0 aliphatic carbocycles. The predicted molar refractivity (Wildman–Crippen MR) is 75.6 cm³/mol. The van der Waals surface area contributed by atoms with Crippen molar-refractivity contribution in [2.45, 2.75) is 20.0 Å². The molecular weight excluding hydrogens is 262 g/mol. The first-order valence-corrected chi connectivity index (χ1v) is 7.62. The summed E-state index contributed by atoms with van der Waals surface area (Å²) in [6, 6.07) is 1.78. The fourth-order valence-electron chi connectivity index (χ4n) is 2.20. The quantitative estimate of drug-likeness (QED) is 0.777. The van der Waals surface area contributed by atoms with Crippen LogP contribution in [0.15, 0.2) is 16.8 Å². The van der Waals surface area contributed by atoms with E-state index >= 15 is 0 Å². The number of rotatable bonds is 5. The van der Waals surface area contributed by atoms with Crippen LogP contribution in [-0.4, -0.2) is 49.8 Å². The van der Waals surface area contributed by atoms with Gasteiger partial charge in [-0.15, -0.1) is 0 Å². The SMILES string of the molecule is CC(C)CN1CCOC(COC(=O)c2ccsc2)C1. The Balaban J connectivity index is 1.75. The van der Waals surface area contributed by atoms with Crippen molar-refractivity contribution in [2.75, 3.05) is 32.8 Å². The fraction of sp³-hybridized carbons (Fsp3) is 0.643. The van der Waals surface area contributed by atoms with Crippen LogP contribution in [0.4, 0.5) is 0 Å². The second-order valence-electron chi connectivity index (χ2n) is 5.26. The molecule has 1 fully saturated rings. The standard InChI is InChI=1S/C14H21NO3S/c1-11(2)7-15-4-5-17-13(8-15)9-18-14(16)12-3-6-19-10-12/h3,6,10-11,13H,4-5,7-9H2,1-2H3. The predicted octanol–water partition coefficient (Wildman–Crippen LogP) is 2.26. The molecule has 19 heavy (non-hydrogen) atoms. The number of thiophene rings is 1. The number of carbonyl (C=O) groups is 1. The van der Waals surface area contributed by atoms with E-state index in [1.807, 2.05) is 5.38 Å². The number of nitrogens with zero attached hydrogens (tertiary/aromatic N) is 1. The lowest BCUT2D eigenvalue weighted by atomic mass is 10.2. The molecule has 4 nitrogen and oxygen atoms in total. The minimum atomic E-state index is -0.258. The molecule has 1 atom stereocenters. The molecule has 0 amide bonds. The third-order valence-electron chi connectivity index (χ3n) is 3.00. The van der Waals surface area contributed by atoms with E-state index in [9.17, 15) is 4.79 Å². The van der Waals surface area contributed by atoms with E-state index in [0.717, 1.165) is 19.6 Å². The zero-order valence-electron chi connectivity index (χ0n) is 11.5. The average molecular weight is 283 g/mol. The van der Waals surface area contributed by atoms with E-state index in [4.69, 9.17) is 9.47 Å². The molecule has 1 aromatic heterocycles. The van der Waals surface area contributed by atoms with Crippen LogP contribution in [0.2, 0.25) is 0 Å². The van der Waals surface area contributed by atoms with E-state index in [0.29, 0.717) is 24.7 Å². The lowest BCUT2D eigenvalue weighted by Gasteiger charge is -2.33. The second-order valence-corrected chi connectivity index (χ2v) is 6.04. The minimum Gasteiger partial charge on any atom is -0.459 e. The summed E-state index contributed by atoms with van der Waals surface area (Å²) in [4.78, 5) is 14.1. The maximum Gasteiger partial charge on any atom is 0.339 e. The van der Waals surface area contributed by atoms with Crippen LogP contribution in [0.1, 0.15) is 24.2 Å². The van der Waals surface area contributed by atoms with Gasteiger partial charge in [-0.3, -0.25) is 4.90 Å². The van der Waals surface area contributed by atoms with Gasteiger partial charge in [-0.25, -0.2) is 4.79 Å². The Hall–Kier alpha value is -0.910. The Morgan fingerprint density at radius 2 is 2.47 bits per heavy atom. The molecule has 0 aromatic carbocycles. The van der Waals surface area contributed by atoms with Crippen molar-refractivity contribution >= 4 is 17.3 Å². The topological polar surface area (TPSA) is 38.8 Å². The van der Waals surface area contributed by atoms with Crippen molar-refractivity contribution in [1.82, 2.24) is 4.90 Å². The highest BCUT2D eigenvalue weighted by molar-refractivity contribution is 7.08. The molecule has 1 saturated heterocycles. The minimum absolute atomic E-state index is 0.00455. The zero-order valence-corrected chi connectivity index (χ0v) is 12.3. The van der Waals surface area contributed by atoms with Gasteiger partial charge in [0.15, 0.2) is 0 Å². The van der Waals surface area contributed by atoms with Crippen LogP contribution >= 0.6 is 11.3 Å². The van der Waals surface area contributed by atoms with Gasteiger partial charge in [-0.2, -0.15) is 11.3 Å². The summed E-state index contributed by atoms with van der Waals surface area (Å²) in [6.45, 7) is 8.35. The van der Waals surface area contributed by atoms with Crippen molar-refractivity contribution in [2.24, 2.45) is 5.92 Å². The second kappa shape index (κ2) is 7.03. The van der Waals surface area contributed by atoms with Gasteiger partial charge in [0.25, 0.3) is 0 Å². The van der Waals surface area contributed by atoms with Crippen LogP contribution in [0, 0.1) is 5.92 Å². The van der Waals surface area contributed by atoms with Gasteiger partial charge < -0.3 is 9.47 Å². The summed E-state index contributed by atoms with van der Waals surface area (Å²) in [7, 11) is 0. The van der Waals surface area contributed by atoms with Gasteiger partial charge in [0, 0.05) is 25.0 Å². The third kappa shape index (κ3) is 4.60. The van der Waals surface area contributed by atoms with E-state index in [1.54, 1.807) is 11.4 Å². The molecule has 0 spiro atoms. The molecule has 0 radical (unpaired) electrons. The van der Waals surface area contributed by atoms with Gasteiger partial charge in [-0.05, 0) is 17.4 Å². The Bertz CT molecular complexity index is 391. The summed E-state index contributed by atoms with van der Waals surface area (Å²) in [5.41, 5.74) is 0.625. The van der Waals surface area contributed by atoms with Gasteiger partial charge in [0.1, 0.15) is 12.7 Å². The van der Waals surface area contributed by atoms with Crippen LogP contribution in [0.5, 0.6) is 0 Å². The lowest BCUT2D eigenvalue weighted by molar-refractivity contribution is -0.0612. The first kappa shape index (κ1) is 14.5. The first-order valence-electron chi connectivity index (χ1n) is 6.68. The number of esters is 1. The molecular formula is C14H21NO3S. The number of morpholine rings is 1. The van der Waals surface area contributed by atoms with Gasteiger partial charge in [0.2, 0.25) is 0 Å². The van der Waals surface area contributed by atoms with Crippen LogP contribution in [-0.2, 0) is 9.47 Å². The number of hydrogen-bond acceptors (Lipinski definition) is 5. The summed E-state index contributed by atoms with van der Waals surface area (Å²) in [5, 5.41) is 3.67. The number of hydrogen-bond donors (Lipinski definition) is 0. The van der Waals surface area contributed by atoms with Gasteiger partial charge in [0.05, 0.1) is 12.2 Å². The molecule has 5 heteroatoms. The normalized spacial score (nSPS) is 20.7. The lowest BCUT2D eigenvalue weighted by Crippen LogP contribution is -2.45. The summed E-state index contributed by atoms with van der Waals surface area (Å²) in [6.07, 6.45) is -0.00455. The molecule has 2 rings (SSSR count). The molecule has 0 N–H and O–H groups in total. The highest BCUT2D eigenvalue weighted by Gasteiger charge is 2.22. The van der Waals surface area contributed by atoms with Crippen molar-refractivity contribution < 1.29 is 14.3 Å². The van der Waals surface area contributed by atoms with E-state index < -0.39 is 0 Å². The molecule has 0 bridgehead atoms. The Kier molecular flexibility index (Phi) is 5.36. The zero-order chi connectivity index (χ0) is 13.7. The Morgan fingerprint density at radius 3 is 3.16 bits per heavy atom. The first-order chi connectivity index (χ1) is 9.15. The molecule has 1 unspecified atom stereocenters. The summed E-state index contributed by atoms with van der Waals surface area (Å²) < 4.78 is 10.9.